The maximum Gasteiger partial charge on any atom is 0.433 e. The third kappa shape index (κ3) is 4.37. The van der Waals surface area contributed by atoms with E-state index in [1.165, 1.54) is 6.21 Å². The standard InChI is InChI=1S/C17H12F3N5/c18-17(19,20)14-9-15(25-22-11-12-5-4-8-21-10-12)24-16(23-14)13-6-2-1-3-7-13/h1-11H,(H,23,24,25)/b22-11-. The van der Waals surface area contributed by atoms with Crippen LogP contribution in [-0.2, 0) is 6.18 Å². The van der Waals surface area contributed by atoms with Crippen molar-refractivity contribution < 1.29 is 13.2 Å². The highest BCUT2D eigenvalue weighted by Gasteiger charge is 2.33. The molecule has 0 amide bonds. The number of hydrogen-bond donors (Lipinski definition) is 1. The Kier molecular flexibility index (Phi) is 4.69. The van der Waals surface area contributed by atoms with Gasteiger partial charge in [0, 0.05) is 29.6 Å². The molecule has 0 unspecified atom stereocenters. The molecule has 0 saturated heterocycles. The summed E-state index contributed by atoms with van der Waals surface area (Å²) in [5.41, 5.74) is 2.64. The Morgan fingerprint density at radius 1 is 1.00 bits per heavy atom. The molecule has 1 N–H and O–H groups in total. The minimum Gasteiger partial charge on any atom is -0.264 e. The average Bonchev–Trinajstić information content (AvgIpc) is 2.62. The van der Waals surface area contributed by atoms with Gasteiger partial charge in [-0.3, -0.25) is 10.4 Å². The lowest BCUT2D eigenvalue weighted by Crippen LogP contribution is -2.11. The molecule has 0 bridgehead atoms. The fraction of sp³-hybridized carbons (Fsp3) is 0.0588. The van der Waals surface area contributed by atoms with Crippen LogP contribution in [0.4, 0.5) is 19.0 Å². The van der Waals surface area contributed by atoms with E-state index in [-0.39, 0.29) is 11.6 Å². The summed E-state index contributed by atoms with van der Waals surface area (Å²) in [4.78, 5) is 11.6. The summed E-state index contributed by atoms with van der Waals surface area (Å²) in [6, 6.07) is 12.7. The van der Waals surface area contributed by atoms with Gasteiger partial charge in [-0.05, 0) is 6.07 Å². The lowest BCUT2D eigenvalue weighted by atomic mass is 10.2. The number of hydrazone groups is 1. The van der Waals surface area contributed by atoms with Crippen molar-refractivity contribution in [1.29, 1.82) is 0 Å². The second-order valence-corrected chi connectivity index (χ2v) is 4.98. The van der Waals surface area contributed by atoms with Gasteiger partial charge in [-0.2, -0.15) is 18.3 Å². The fourth-order valence-corrected chi connectivity index (χ4v) is 1.99. The van der Waals surface area contributed by atoms with Crippen molar-refractivity contribution in [2.45, 2.75) is 6.18 Å². The van der Waals surface area contributed by atoms with Crippen molar-refractivity contribution in [3.8, 4) is 11.4 Å². The molecular weight excluding hydrogens is 331 g/mol. The van der Waals surface area contributed by atoms with Gasteiger partial charge < -0.3 is 0 Å². The number of hydrogen-bond acceptors (Lipinski definition) is 5. The molecule has 8 heteroatoms. The molecule has 2 heterocycles. The largest absolute Gasteiger partial charge is 0.433 e. The Bertz CT molecular complexity index is 864. The Balaban J connectivity index is 1.91. The SMILES string of the molecule is FC(F)(F)c1cc(N/N=C\c2cccnc2)nc(-c2ccccc2)n1. The molecule has 0 fully saturated rings. The average molecular weight is 343 g/mol. The minimum atomic E-state index is -4.59. The highest BCUT2D eigenvalue weighted by molar-refractivity contribution is 5.79. The maximum atomic E-state index is 13.1. The minimum absolute atomic E-state index is 0.0329. The molecule has 0 aliphatic rings. The zero-order chi connectivity index (χ0) is 17.7. The summed E-state index contributed by atoms with van der Waals surface area (Å²) in [6.45, 7) is 0. The van der Waals surface area contributed by atoms with E-state index in [9.17, 15) is 13.2 Å². The van der Waals surface area contributed by atoms with Crippen molar-refractivity contribution in [2.75, 3.05) is 5.43 Å². The van der Waals surface area contributed by atoms with Crippen molar-refractivity contribution in [3.05, 3.63) is 72.2 Å². The van der Waals surface area contributed by atoms with Gasteiger partial charge in [-0.1, -0.05) is 36.4 Å². The molecule has 126 valence electrons. The van der Waals surface area contributed by atoms with Gasteiger partial charge in [0.25, 0.3) is 0 Å². The quantitative estimate of drug-likeness (QED) is 0.574. The van der Waals surface area contributed by atoms with Crippen LogP contribution in [0, 0.1) is 0 Å². The Labute approximate surface area is 141 Å². The smallest absolute Gasteiger partial charge is 0.264 e. The summed E-state index contributed by atoms with van der Waals surface area (Å²) >= 11 is 0. The van der Waals surface area contributed by atoms with E-state index in [0.29, 0.717) is 11.1 Å². The second-order valence-electron chi connectivity index (χ2n) is 4.98. The fourth-order valence-electron chi connectivity index (χ4n) is 1.99. The first-order valence-corrected chi connectivity index (χ1v) is 7.23. The van der Waals surface area contributed by atoms with Crippen LogP contribution in [-0.4, -0.2) is 21.2 Å². The van der Waals surface area contributed by atoms with Crippen LogP contribution in [0.2, 0.25) is 0 Å². The van der Waals surface area contributed by atoms with Gasteiger partial charge in [0.2, 0.25) is 0 Å². The molecule has 0 spiro atoms. The zero-order valence-electron chi connectivity index (χ0n) is 12.8. The topological polar surface area (TPSA) is 63.1 Å². The van der Waals surface area contributed by atoms with E-state index in [1.54, 1.807) is 54.9 Å². The van der Waals surface area contributed by atoms with Crippen molar-refractivity contribution in [3.63, 3.8) is 0 Å². The molecule has 2 aromatic heterocycles. The molecular formula is C17H12F3N5. The monoisotopic (exact) mass is 343 g/mol. The number of nitrogens with zero attached hydrogens (tertiary/aromatic N) is 4. The number of alkyl halides is 3. The molecule has 0 aliphatic heterocycles. The normalized spacial score (nSPS) is 11.6. The zero-order valence-corrected chi connectivity index (χ0v) is 12.8. The van der Waals surface area contributed by atoms with E-state index in [2.05, 4.69) is 25.5 Å². The first-order valence-electron chi connectivity index (χ1n) is 7.23. The second kappa shape index (κ2) is 7.08. The van der Waals surface area contributed by atoms with Gasteiger partial charge in [-0.25, -0.2) is 9.97 Å². The van der Waals surface area contributed by atoms with Crippen LogP contribution >= 0.6 is 0 Å². The maximum absolute atomic E-state index is 13.1. The molecule has 25 heavy (non-hydrogen) atoms. The summed E-state index contributed by atoms with van der Waals surface area (Å²) in [6.07, 6.45) is 0.0269. The van der Waals surface area contributed by atoms with E-state index in [1.807, 2.05) is 0 Å². The number of rotatable bonds is 4. The summed E-state index contributed by atoms with van der Waals surface area (Å²) < 4.78 is 39.3. The van der Waals surface area contributed by atoms with Crippen LogP contribution in [0.3, 0.4) is 0 Å². The van der Waals surface area contributed by atoms with Gasteiger partial charge in [0.05, 0.1) is 6.21 Å². The van der Waals surface area contributed by atoms with E-state index in [4.69, 9.17) is 0 Å². The highest BCUT2D eigenvalue weighted by Crippen LogP contribution is 2.30. The van der Waals surface area contributed by atoms with Crippen LogP contribution in [0.5, 0.6) is 0 Å². The first-order chi connectivity index (χ1) is 12.0. The van der Waals surface area contributed by atoms with E-state index in [0.717, 1.165) is 6.07 Å². The predicted molar refractivity (Wildman–Crippen MR) is 87.9 cm³/mol. The number of halogens is 3. The number of benzene rings is 1. The number of nitrogens with one attached hydrogen (secondary N) is 1. The first kappa shape index (κ1) is 16.6. The highest BCUT2D eigenvalue weighted by atomic mass is 19.4. The molecule has 3 rings (SSSR count). The molecule has 0 aliphatic carbocycles. The van der Waals surface area contributed by atoms with Crippen molar-refractivity contribution in [1.82, 2.24) is 15.0 Å². The third-order valence-corrected chi connectivity index (χ3v) is 3.13. The Morgan fingerprint density at radius 2 is 1.80 bits per heavy atom. The number of aromatic nitrogens is 3. The predicted octanol–water partition coefficient (Wildman–Crippen LogP) is 4.00. The van der Waals surface area contributed by atoms with Crippen molar-refractivity contribution in [2.24, 2.45) is 5.10 Å². The molecule has 5 nitrogen and oxygen atoms in total. The van der Waals surface area contributed by atoms with Crippen LogP contribution in [0.1, 0.15) is 11.3 Å². The van der Waals surface area contributed by atoms with Gasteiger partial charge in [0.15, 0.2) is 17.3 Å². The van der Waals surface area contributed by atoms with Crippen molar-refractivity contribution >= 4 is 12.0 Å². The lowest BCUT2D eigenvalue weighted by Gasteiger charge is -2.10. The van der Waals surface area contributed by atoms with E-state index >= 15 is 0 Å². The van der Waals surface area contributed by atoms with Gasteiger partial charge in [-0.15, -0.1) is 0 Å². The summed E-state index contributed by atoms with van der Waals surface area (Å²) in [7, 11) is 0. The summed E-state index contributed by atoms with van der Waals surface area (Å²) in [5.74, 6) is -0.0872. The molecule has 3 aromatic rings. The lowest BCUT2D eigenvalue weighted by molar-refractivity contribution is -0.141. The third-order valence-electron chi connectivity index (χ3n) is 3.13. The molecule has 0 radical (unpaired) electrons. The molecule has 0 atom stereocenters. The van der Waals surface area contributed by atoms with Crippen LogP contribution in [0.25, 0.3) is 11.4 Å². The number of pyridine rings is 1. The van der Waals surface area contributed by atoms with Crippen LogP contribution in [0.15, 0.2) is 66.0 Å². The number of anilines is 1. The van der Waals surface area contributed by atoms with E-state index < -0.39 is 11.9 Å². The van der Waals surface area contributed by atoms with Gasteiger partial charge >= 0.3 is 6.18 Å². The van der Waals surface area contributed by atoms with Gasteiger partial charge in [0.1, 0.15) is 0 Å². The molecule has 1 aromatic carbocycles. The Morgan fingerprint density at radius 3 is 2.48 bits per heavy atom. The molecule has 0 saturated carbocycles. The summed E-state index contributed by atoms with van der Waals surface area (Å²) in [5, 5.41) is 3.90. The van der Waals surface area contributed by atoms with Crippen LogP contribution < -0.4 is 5.43 Å². The Hall–Kier alpha value is -3.29.